The minimum atomic E-state index is -0.516. The first-order chi connectivity index (χ1) is 7.02. The van der Waals surface area contributed by atoms with Crippen LogP contribution in [0.2, 0.25) is 5.02 Å². The molecule has 0 spiro atoms. The van der Waals surface area contributed by atoms with E-state index in [0.29, 0.717) is 10.8 Å². The van der Waals surface area contributed by atoms with Crippen molar-refractivity contribution >= 4 is 11.6 Å². The number of nitrogens with two attached hydrogens (primary N) is 1. The molecular formula is C11H16ClNO2. The Morgan fingerprint density at radius 1 is 1.33 bits per heavy atom. The molecule has 0 aromatic heterocycles. The van der Waals surface area contributed by atoms with Gasteiger partial charge < -0.3 is 15.2 Å². The van der Waals surface area contributed by atoms with Gasteiger partial charge in [0.2, 0.25) is 0 Å². The van der Waals surface area contributed by atoms with Gasteiger partial charge in [-0.05, 0) is 31.0 Å². The van der Waals surface area contributed by atoms with Crippen molar-refractivity contribution in [3.8, 4) is 5.75 Å². The number of aryl methyl sites for hydroxylation is 1. The van der Waals surface area contributed by atoms with E-state index in [-0.39, 0.29) is 0 Å². The standard InChI is InChI=1S/C11H16ClNO2/c1-6-5-8(14-3)9(11(13)15-4)7(2)10(6)12/h5,11H,13H2,1-4H3. The van der Waals surface area contributed by atoms with E-state index in [1.165, 1.54) is 0 Å². The lowest BCUT2D eigenvalue weighted by Crippen LogP contribution is -2.15. The summed E-state index contributed by atoms with van der Waals surface area (Å²) in [5.74, 6) is 0.712. The molecule has 0 aliphatic heterocycles. The lowest BCUT2D eigenvalue weighted by Gasteiger charge is -2.19. The minimum absolute atomic E-state index is 0.516. The Morgan fingerprint density at radius 3 is 2.40 bits per heavy atom. The fraction of sp³-hybridized carbons (Fsp3) is 0.455. The molecular weight excluding hydrogens is 214 g/mol. The highest BCUT2D eigenvalue weighted by Crippen LogP contribution is 2.34. The third kappa shape index (κ3) is 2.25. The van der Waals surface area contributed by atoms with Crippen LogP contribution in [-0.2, 0) is 4.74 Å². The molecule has 0 saturated heterocycles. The first-order valence-corrected chi connectivity index (χ1v) is 5.02. The average Bonchev–Trinajstić information content (AvgIpc) is 2.24. The third-order valence-electron chi connectivity index (χ3n) is 2.45. The van der Waals surface area contributed by atoms with Crippen LogP contribution in [-0.4, -0.2) is 14.2 Å². The first kappa shape index (κ1) is 12.3. The summed E-state index contributed by atoms with van der Waals surface area (Å²) in [6, 6.07) is 1.86. The summed E-state index contributed by atoms with van der Waals surface area (Å²) < 4.78 is 10.4. The molecule has 0 saturated carbocycles. The molecule has 0 radical (unpaired) electrons. The average molecular weight is 230 g/mol. The molecule has 0 bridgehead atoms. The van der Waals surface area contributed by atoms with Crippen LogP contribution < -0.4 is 10.5 Å². The van der Waals surface area contributed by atoms with Gasteiger partial charge >= 0.3 is 0 Å². The van der Waals surface area contributed by atoms with Crippen LogP contribution in [0, 0.1) is 13.8 Å². The molecule has 84 valence electrons. The van der Waals surface area contributed by atoms with Gasteiger partial charge in [-0.3, -0.25) is 0 Å². The highest BCUT2D eigenvalue weighted by atomic mass is 35.5. The minimum Gasteiger partial charge on any atom is -0.496 e. The fourth-order valence-electron chi connectivity index (χ4n) is 1.58. The second kappa shape index (κ2) is 4.84. The molecule has 0 heterocycles. The number of benzene rings is 1. The summed E-state index contributed by atoms with van der Waals surface area (Å²) in [5.41, 5.74) is 8.51. The summed E-state index contributed by atoms with van der Waals surface area (Å²) in [6.07, 6.45) is -0.516. The molecule has 1 aromatic rings. The van der Waals surface area contributed by atoms with Gasteiger partial charge in [-0.2, -0.15) is 0 Å². The largest absolute Gasteiger partial charge is 0.496 e. The van der Waals surface area contributed by atoms with E-state index < -0.39 is 6.23 Å². The van der Waals surface area contributed by atoms with Crippen LogP contribution in [0.4, 0.5) is 0 Å². The zero-order valence-corrected chi connectivity index (χ0v) is 10.2. The Kier molecular flexibility index (Phi) is 3.97. The number of ether oxygens (including phenoxy) is 2. The highest BCUT2D eigenvalue weighted by molar-refractivity contribution is 6.32. The van der Waals surface area contributed by atoms with Crippen LogP contribution >= 0.6 is 11.6 Å². The Labute approximate surface area is 95.1 Å². The van der Waals surface area contributed by atoms with Crippen LogP contribution in [0.1, 0.15) is 22.9 Å². The number of halogens is 1. The number of rotatable bonds is 3. The SMILES string of the molecule is COc1cc(C)c(Cl)c(C)c1C(N)OC. The molecule has 1 unspecified atom stereocenters. The van der Waals surface area contributed by atoms with E-state index in [9.17, 15) is 0 Å². The summed E-state index contributed by atoms with van der Waals surface area (Å²) in [7, 11) is 3.16. The Balaban J connectivity index is 3.40. The van der Waals surface area contributed by atoms with Gasteiger partial charge in [0.05, 0.1) is 7.11 Å². The zero-order valence-electron chi connectivity index (χ0n) is 9.43. The number of hydrogen-bond donors (Lipinski definition) is 1. The predicted molar refractivity (Wildman–Crippen MR) is 61.4 cm³/mol. The number of methoxy groups -OCH3 is 2. The van der Waals surface area contributed by atoms with Crippen molar-refractivity contribution in [2.75, 3.05) is 14.2 Å². The molecule has 0 amide bonds. The summed E-state index contributed by atoms with van der Waals surface area (Å²) in [4.78, 5) is 0. The van der Waals surface area contributed by atoms with Crippen molar-refractivity contribution in [1.29, 1.82) is 0 Å². The van der Waals surface area contributed by atoms with Gasteiger partial charge in [0.15, 0.2) is 0 Å². The van der Waals surface area contributed by atoms with Crippen molar-refractivity contribution in [3.63, 3.8) is 0 Å². The van der Waals surface area contributed by atoms with E-state index in [2.05, 4.69) is 0 Å². The van der Waals surface area contributed by atoms with Gasteiger partial charge in [-0.25, -0.2) is 0 Å². The molecule has 0 aliphatic carbocycles. The summed E-state index contributed by atoms with van der Waals surface area (Å²) in [6.45, 7) is 3.84. The maximum absolute atomic E-state index is 6.15. The third-order valence-corrected chi connectivity index (χ3v) is 3.03. The van der Waals surface area contributed by atoms with E-state index in [0.717, 1.165) is 16.7 Å². The number of hydrogen-bond acceptors (Lipinski definition) is 3. The molecule has 0 aliphatic rings. The molecule has 4 heteroatoms. The van der Waals surface area contributed by atoms with Crippen molar-refractivity contribution in [2.45, 2.75) is 20.1 Å². The van der Waals surface area contributed by atoms with Gasteiger partial charge in [0, 0.05) is 17.7 Å². The normalized spacial score (nSPS) is 12.7. The van der Waals surface area contributed by atoms with E-state index >= 15 is 0 Å². The van der Waals surface area contributed by atoms with Gasteiger partial charge in [-0.1, -0.05) is 11.6 Å². The lowest BCUT2D eigenvalue weighted by molar-refractivity contribution is 0.106. The topological polar surface area (TPSA) is 44.5 Å². The highest BCUT2D eigenvalue weighted by Gasteiger charge is 2.18. The van der Waals surface area contributed by atoms with Gasteiger partial charge in [0.1, 0.15) is 12.0 Å². The maximum Gasteiger partial charge on any atom is 0.135 e. The monoisotopic (exact) mass is 229 g/mol. The Hall–Kier alpha value is -0.770. The van der Waals surface area contributed by atoms with Crippen LogP contribution in [0.15, 0.2) is 6.07 Å². The molecule has 3 nitrogen and oxygen atoms in total. The molecule has 0 fully saturated rings. The van der Waals surface area contributed by atoms with Crippen LogP contribution in [0.3, 0.4) is 0 Å². The molecule has 1 atom stereocenters. The van der Waals surface area contributed by atoms with Gasteiger partial charge in [0.25, 0.3) is 0 Å². The summed E-state index contributed by atoms with van der Waals surface area (Å²) in [5, 5.41) is 0.707. The fourth-order valence-corrected chi connectivity index (χ4v) is 1.73. The summed E-state index contributed by atoms with van der Waals surface area (Å²) >= 11 is 6.15. The molecule has 15 heavy (non-hydrogen) atoms. The van der Waals surface area contributed by atoms with Crippen LogP contribution in [0.5, 0.6) is 5.75 Å². The quantitative estimate of drug-likeness (QED) is 0.811. The molecule has 2 N–H and O–H groups in total. The van der Waals surface area contributed by atoms with E-state index in [1.54, 1.807) is 14.2 Å². The first-order valence-electron chi connectivity index (χ1n) is 4.64. The van der Waals surface area contributed by atoms with Crippen molar-refractivity contribution in [3.05, 3.63) is 27.8 Å². The van der Waals surface area contributed by atoms with Crippen molar-refractivity contribution in [2.24, 2.45) is 5.73 Å². The predicted octanol–water partition coefficient (Wildman–Crippen LogP) is 2.57. The smallest absolute Gasteiger partial charge is 0.135 e. The molecule has 1 rings (SSSR count). The molecule has 1 aromatic carbocycles. The maximum atomic E-state index is 6.15. The van der Waals surface area contributed by atoms with E-state index in [4.69, 9.17) is 26.8 Å². The van der Waals surface area contributed by atoms with Gasteiger partial charge in [-0.15, -0.1) is 0 Å². The van der Waals surface area contributed by atoms with E-state index in [1.807, 2.05) is 19.9 Å². The Morgan fingerprint density at radius 2 is 1.93 bits per heavy atom. The second-order valence-corrected chi connectivity index (χ2v) is 3.78. The Bertz CT molecular complexity index is 366. The lowest BCUT2D eigenvalue weighted by atomic mass is 10.0. The van der Waals surface area contributed by atoms with Crippen molar-refractivity contribution < 1.29 is 9.47 Å². The zero-order chi connectivity index (χ0) is 11.6. The second-order valence-electron chi connectivity index (χ2n) is 3.40. The van der Waals surface area contributed by atoms with Crippen LogP contribution in [0.25, 0.3) is 0 Å². The van der Waals surface area contributed by atoms with Crippen molar-refractivity contribution in [1.82, 2.24) is 0 Å².